The lowest BCUT2D eigenvalue weighted by Crippen LogP contribution is -2.30. The molecular weight excluding hydrogens is 272 g/mol. The Bertz CT molecular complexity index is 792. The van der Waals surface area contributed by atoms with E-state index in [1.165, 1.54) is 0 Å². The van der Waals surface area contributed by atoms with Crippen LogP contribution in [-0.2, 0) is 4.84 Å². The lowest BCUT2D eigenvalue weighted by Gasteiger charge is -2.08. The predicted molar refractivity (Wildman–Crippen MR) is 77.6 cm³/mol. The highest BCUT2D eigenvalue weighted by molar-refractivity contribution is 6.00. The third kappa shape index (κ3) is 2.52. The molecule has 1 aliphatic rings. The molecule has 1 aromatic heterocycles. The maximum absolute atomic E-state index is 12.2. The summed E-state index contributed by atoms with van der Waals surface area (Å²) in [6.45, 7) is 2.58. The fraction of sp³-hybridized carbons (Fsp3) is 0.267. The molecule has 6 heteroatoms. The van der Waals surface area contributed by atoms with Crippen molar-refractivity contribution in [2.75, 3.05) is 13.2 Å². The second-order valence-electron chi connectivity index (χ2n) is 4.81. The number of hydrogen-bond acceptors (Lipinski definition) is 5. The van der Waals surface area contributed by atoms with E-state index in [0.29, 0.717) is 24.0 Å². The highest BCUT2D eigenvalue weighted by Crippen LogP contribution is 2.18. The number of aryl methyl sites for hydroxylation is 1. The van der Waals surface area contributed by atoms with Crippen LogP contribution in [0, 0.1) is 6.92 Å². The van der Waals surface area contributed by atoms with Crippen LogP contribution in [0.25, 0.3) is 10.8 Å². The number of benzene rings is 1. The Kier molecular flexibility index (Phi) is 3.43. The predicted octanol–water partition coefficient (Wildman–Crippen LogP) is 1.61. The van der Waals surface area contributed by atoms with E-state index in [0.717, 1.165) is 11.1 Å². The minimum absolute atomic E-state index is 0.0400. The summed E-state index contributed by atoms with van der Waals surface area (Å²) in [4.78, 5) is 29.0. The van der Waals surface area contributed by atoms with Gasteiger partial charge >= 0.3 is 5.63 Å². The van der Waals surface area contributed by atoms with Crippen LogP contribution in [0.3, 0.4) is 0 Å². The number of nitrogens with zero attached hydrogens (tertiary/aromatic N) is 1. The monoisotopic (exact) mass is 286 g/mol. The van der Waals surface area contributed by atoms with E-state index in [-0.39, 0.29) is 12.3 Å². The summed E-state index contributed by atoms with van der Waals surface area (Å²) in [5.74, 6) is -0.386. The average Bonchev–Trinajstić information content (AvgIpc) is 3.02. The molecule has 0 bridgehead atoms. The number of nitrogens with one attached hydrogen (secondary N) is 1. The Morgan fingerprint density at radius 2 is 2.10 bits per heavy atom. The molecular formula is C15H14N2O4. The zero-order valence-corrected chi connectivity index (χ0v) is 11.5. The minimum Gasteiger partial charge on any atom is -0.417 e. The molecule has 1 N–H and O–H groups in total. The van der Waals surface area contributed by atoms with Crippen LogP contribution in [0.4, 0.5) is 0 Å². The number of amides is 1. The van der Waals surface area contributed by atoms with Gasteiger partial charge in [0.25, 0.3) is 5.91 Å². The van der Waals surface area contributed by atoms with E-state index < -0.39 is 11.5 Å². The molecule has 0 fully saturated rings. The Balaban J connectivity index is 1.91. The van der Waals surface area contributed by atoms with Crippen molar-refractivity contribution in [1.82, 2.24) is 5.32 Å². The Labute approximate surface area is 120 Å². The van der Waals surface area contributed by atoms with Crippen LogP contribution >= 0.6 is 0 Å². The Morgan fingerprint density at radius 1 is 1.33 bits per heavy atom. The highest BCUT2D eigenvalue weighted by atomic mass is 16.6. The number of carbonyl (C=O) groups excluding carboxylic acids is 1. The van der Waals surface area contributed by atoms with Crippen LogP contribution in [0.5, 0.6) is 0 Å². The zero-order valence-electron chi connectivity index (χ0n) is 11.5. The molecule has 2 heterocycles. The van der Waals surface area contributed by atoms with Gasteiger partial charge in [-0.1, -0.05) is 23.4 Å². The van der Waals surface area contributed by atoms with Crippen molar-refractivity contribution in [3.05, 3.63) is 46.0 Å². The molecule has 21 heavy (non-hydrogen) atoms. The second-order valence-corrected chi connectivity index (χ2v) is 4.81. The van der Waals surface area contributed by atoms with Crippen LogP contribution in [0.2, 0.25) is 0 Å². The SMILES string of the molecule is Cc1c(C(=O)NCC2=NOCC2)oc(=O)c2ccccc12. The van der Waals surface area contributed by atoms with Gasteiger partial charge in [-0.2, -0.15) is 0 Å². The van der Waals surface area contributed by atoms with Crippen molar-refractivity contribution in [3.63, 3.8) is 0 Å². The molecule has 0 saturated carbocycles. The molecule has 0 atom stereocenters. The zero-order chi connectivity index (χ0) is 14.8. The summed E-state index contributed by atoms with van der Waals surface area (Å²) in [6, 6.07) is 7.06. The molecule has 0 aliphatic carbocycles. The summed E-state index contributed by atoms with van der Waals surface area (Å²) in [5.41, 5.74) is 0.902. The lowest BCUT2D eigenvalue weighted by atomic mass is 10.1. The van der Waals surface area contributed by atoms with E-state index in [1.54, 1.807) is 25.1 Å². The van der Waals surface area contributed by atoms with Gasteiger partial charge in [0.2, 0.25) is 0 Å². The minimum atomic E-state index is -0.511. The first kappa shape index (κ1) is 13.4. The van der Waals surface area contributed by atoms with Gasteiger partial charge in [-0.05, 0) is 18.4 Å². The van der Waals surface area contributed by atoms with Crippen molar-refractivity contribution in [2.45, 2.75) is 13.3 Å². The third-order valence-electron chi connectivity index (χ3n) is 3.42. The molecule has 3 rings (SSSR count). The summed E-state index contributed by atoms with van der Waals surface area (Å²) >= 11 is 0. The van der Waals surface area contributed by atoms with Gasteiger partial charge in [0, 0.05) is 12.0 Å². The fourth-order valence-corrected chi connectivity index (χ4v) is 2.28. The maximum atomic E-state index is 12.2. The molecule has 1 aromatic carbocycles. The largest absolute Gasteiger partial charge is 0.417 e. The summed E-state index contributed by atoms with van der Waals surface area (Å²) in [6.07, 6.45) is 0.695. The number of fused-ring (bicyclic) bond motifs is 1. The highest BCUT2D eigenvalue weighted by Gasteiger charge is 2.18. The average molecular weight is 286 g/mol. The van der Waals surface area contributed by atoms with Crippen molar-refractivity contribution in [2.24, 2.45) is 5.16 Å². The third-order valence-corrected chi connectivity index (χ3v) is 3.42. The van der Waals surface area contributed by atoms with Crippen molar-refractivity contribution < 1.29 is 14.0 Å². The molecule has 0 unspecified atom stereocenters. The maximum Gasteiger partial charge on any atom is 0.344 e. The van der Waals surface area contributed by atoms with Gasteiger partial charge in [0.05, 0.1) is 17.6 Å². The Hall–Kier alpha value is -2.63. The van der Waals surface area contributed by atoms with Crippen LogP contribution in [-0.4, -0.2) is 24.8 Å². The first-order chi connectivity index (χ1) is 10.2. The number of oxime groups is 1. The van der Waals surface area contributed by atoms with Crippen LogP contribution in [0.1, 0.15) is 22.5 Å². The van der Waals surface area contributed by atoms with Gasteiger partial charge in [0.15, 0.2) is 5.76 Å². The van der Waals surface area contributed by atoms with E-state index in [2.05, 4.69) is 10.5 Å². The van der Waals surface area contributed by atoms with Crippen LogP contribution < -0.4 is 10.9 Å². The van der Waals surface area contributed by atoms with Gasteiger partial charge in [-0.3, -0.25) is 4.79 Å². The van der Waals surface area contributed by atoms with E-state index in [9.17, 15) is 9.59 Å². The molecule has 0 radical (unpaired) electrons. The van der Waals surface area contributed by atoms with Crippen LogP contribution in [0.15, 0.2) is 38.6 Å². The molecule has 1 amide bonds. The molecule has 0 saturated heterocycles. The summed E-state index contributed by atoms with van der Waals surface area (Å²) in [5, 5.41) is 7.69. The quantitative estimate of drug-likeness (QED) is 0.929. The molecule has 6 nitrogen and oxygen atoms in total. The summed E-state index contributed by atoms with van der Waals surface area (Å²) in [7, 11) is 0. The molecule has 0 spiro atoms. The summed E-state index contributed by atoms with van der Waals surface area (Å²) < 4.78 is 5.16. The van der Waals surface area contributed by atoms with E-state index >= 15 is 0 Å². The van der Waals surface area contributed by atoms with E-state index in [1.807, 2.05) is 6.07 Å². The van der Waals surface area contributed by atoms with Crippen molar-refractivity contribution in [3.8, 4) is 0 Å². The van der Waals surface area contributed by atoms with Gasteiger partial charge in [-0.15, -0.1) is 0 Å². The standard InChI is InChI=1S/C15H14N2O4/c1-9-11-4-2-3-5-12(11)15(19)21-13(9)14(18)16-8-10-6-7-20-17-10/h2-5H,6-8H2,1H3,(H,16,18). The fourth-order valence-electron chi connectivity index (χ4n) is 2.28. The smallest absolute Gasteiger partial charge is 0.344 e. The van der Waals surface area contributed by atoms with Gasteiger partial charge in [-0.25, -0.2) is 4.79 Å². The number of hydrogen-bond donors (Lipinski definition) is 1. The number of carbonyl (C=O) groups is 1. The number of rotatable bonds is 3. The second kappa shape index (κ2) is 5.40. The topological polar surface area (TPSA) is 80.9 Å². The van der Waals surface area contributed by atoms with Gasteiger partial charge < -0.3 is 14.6 Å². The lowest BCUT2D eigenvalue weighted by molar-refractivity contribution is 0.0926. The van der Waals surface area contributed by atoms with E-state index in [4.69, 9.17) is 9.25 Å². The first-order valence-electron chi connectivity index (χ1n) is 6.65. The van der Waals surface area contributed by atoms with Crippen molar-refractivity contribution in [1.29, 1.82) is 0 Å². The van der Waals surface area contributed by atoms with Gasteiger partial charge in [0.1, 0.15) is 6.61 Å². The first-order valence-corrected chi connectivity index (χ1v) is 6.65. The van der Waals surface area contributed by atoms with Crippen molar-refractivity contribution >= 4 is 22.4 Å². The normalized spacial score (nSPS) is 13.9. The molecule has 108 valence electrons. The Morgan fingerprint density at radius 3 is 2.81 bits per heavy atom. The molecule has 2 aromatic rings. The molecule has 1 aliphatic heterocycles.